The number of nitrogens with one attached hydrogen (secondary N) is 2. The van der Waals surface area contributed by atoms with E-state index in [9.17, 15) is 0 Å². The fourth-order valence-electron chi connectivity index (χ4n) is 2.69. The van der Waals surface area contributed by atoms with Crippen molar-refractivity contribution in [3.8, 4) is 23.0 Å². The molecule has 0 unspecified atom stereocenters. The van der Waals surface area contributed by atoms with Gasteiger partial charge in [0, 0.05) is 18.2 Å². The molecule has 0 saturated heterocycles. The number of hydrogen-bond donors (Lipinski definition) is 2. The van der Waals surface area contributed by atoms with Crippen LogP contribution in [0.3, 0.4) is 0 Å². The van der Waals surface area contributed by atoms with E-state index in [0.717, 1.165) is 17.9 Å². The van der Waals surface area contributed by atoms with E-state index in [0.29, 0.717) is 42.9 Å². The Morgan fingerprint density at radius 2 is 1.55 bits per heavy atom. The highest BCUT2D eigenvalue weighted by Crippen LogP contribution is 2.34. The summed E-state index contributed by atoms with van der Waals surface area (Å²) in [7, 11) is 4.83. The fourth-order valence-corrected chi connectivity index (χ4v) is 2.69. The van der Waals surface area contributed by atoms with Crippen LogP contribution in [-0.4, -0.2) is 47.0 Å². The third-order valence-corrected chi connectivity index (χ3v) is 4.22. The van der Waals surface area contributed by atoms with Crippen molar-refractivity contribution in [1.29, 1.82) is 0 Å². The van der Waals surface area contributed by atoms with Gasteiger partial charge in [-0.3, -0.25) is 0 Å². The number of hydrogen-bond acceptors (Lipinski definition) is 5. The predicted molar refractivity (Wildman–Crippen MR) is 116 cm³/mol. The minimum atomic E-state index is 0.428. The highest BCUT2D eigenvalue weighted by Gasteiger charge is 2.11. The average Bonchev–Trinajstić information content (AvgIpc) is 2.75. The average molecular weight is 402 g/mol. The Bertz CT molecular complexity index is 791. The van der Waals surface area contributed by atoms with Gasteiger partial charge in [0.2, 0.25) is 0 Å². The second kappa shape index (κ2) is 11.7. The van der Waals surface area contributed by atoms with Crippen LogP contribution in [0.1, 0.15) is 18.1 Å². The lowest BCUT2D eigenvalue weighted by Crippen LogP contribution is -2.39. The smallest absolute Gasteiger partial charge is 0.191 e. The first-order valence-corrected chi connectivity index (χ1v) is 9.61. The van der Waals surface area contributed by atoms with Gasteiger partial charge in [0.25, 0.3) is 0 Å². The summed E-state index contributed by atoms with van der Waals surface area (Å²) in [6.45, 7) is 6.43. The van der Waals surface area contributed by atoms with Crippen molar-refractivity contribution in [3.05, 3.63) is 47.5 Å². The van der Waals surface area contributed by atoms with Gasteiger partial charge in [-0.15, -0.1) is 0 Å². The molecular formula is C22H31N3O4. The lowest BCUT2D eigenvalue weighted by Gasteiger charge is -2.15. The molecule has 2 rings (SSSR count). The Morgan fingerprint density at radius 1 is 0.897 bits per heavy atom. The van der Waals surface area contributed by atoms with E-state index >= 15 is 0 Å². The Kier molecular flexibility index (Phi) is 8.95. The topological polar surface area (TPSA) is 73.3 Å². The quantitative estimate of drug-likeness (QED) is 0.362. The number of ether oxygens (including phenoxy) is 4. The first-order chi connectivity index (χ1) is 14.1. The first-order valence-electron chi connectivity index (χ1n) is 9.61. The van der Waals surface area contributed by atoms with Crippen molar-refractivity contribution in [2.45, 2.75) is 20.4 Å². The molecule has 0 aliphatic heterocycles. The van der Waals surface area contributed by atoms with Crippen LogP contribution in [0.25, 0.3) is 0 Å². The first kappa shape index (κ1) is 22.2. The third-order valence-electron chi connectivity index (χ3n) is 4.22. The molecule has 2 aromatic rings. The maximum absolute atomic E-state index is 5.75. The van der Waals surface area contributed by atoms with Gasteiger partial charge in [-0.1, -0.05) is 17.7 Å². The zero-order valence-electron chi connectivity index (χ0n) is 17.9. The molecule has 0 amide bonds. The Labute approximate surface area is 173 Å². The van der Waals surface area contributed by atoms with Crippen LogP contribution >= 0.6 is 0 Å². The molecule has 7 nitrogen and oxygen atoms in total. The van der Waals surface area contributed by atoms with E-state index in [4.69, 9.17) is 18.9 Å². The van der Waals surface area contributed by atoms with E-state index in [1.807, 2.05) is 37.3 Å². The maximum atomic E-state index is 5.75. The van der Waals surface area contributed by atoms with Gasteiger partial charge >= 0.3 is 0 Å². The molecule has 0 heterocycles. The lowest BCUT2D eigenvalue weighted by molar-refractivity contribution is 0.322. The normalized spacial score (nSPS) is 11.0. The zero-order valence-corrected chi connectivity index (χ0v) is 17.9. The monoisotopic (exact) mass is 401 g/mol. The summed E-state index contributed by atoms with van der Waals surface area (Å²) in [6, 6.07) is 11.7. The van der Waals surface area contributed by atoms with Crippen molar-refractivity contribution in [2.24, 2.45) is 4.99 Å². The molecule has 0 fully saturated rings. The molecule has 0 saturated carbocycles. The number of aliphatic imine (C=N–C) groups is 1. The SMILES string of the molecule is CCNC(=NCc1cc(OC)c(OC)cc1OC)NCCOc1ccc(C)cc1. The number of rotatable bonds is 10. The van der Waals surface area contributed by atoms with Crippen LogP contribution < -0.4 is 29.6 Å². The summed E-state index contributed by atoms with van der Waals surface area (Å²) >= 11 is 0. The van der Waals surface area contributed by atoms with Gasteiger partial charge < -0.3 is 29.6 Å². The largest absolute Gasteiger partial charge is 0.496 e. The van der Waals surface area contributed by atoms with Crippen LogP contribution in [0.4, 0.5) is 0 Å². The summed E-state index contributed by atoms with van der Waals surface area (Å²) in [5.41, 5.74) is 2.11. The fraction of sp³-hybridized carbons (Fsp3) is 0.409. The van der Waals surface area contributed by atoms with Crippen molar-refractivity contribution < 1.29 is 18.9 Å². The number of aryl methyl sites for hydroxylation is 1. The van der Waals surface area contributed by atoms with Crippen molar-refractivity contribution in [3.63, 3.8) is 0 Å². The summed E-state index contributed by atoms with van der Waals surface area (Å²) in [6.07, 6.45) is 0. The highest BCUT2D eigenvalue weighted by molar-refractivity contribution is 5.79. The molecule has 0 radical (unpaired) electrons. The molecule has 2 aromatic carbocycles. The molecule has 0 aliphatic rings. The van der Waals surface area contributed by atoms with E-state index < -0.39 is 0 Å². The number of benzene rings is 2. The van der Waals surface area contributed by atoms with Gasteiger partial charge in [-0.2, -0.15) is 0 Å². The second-order valence-corrected chi connectivity index (χ2v) is 6.30. The third kappa shape index (κ3) is 6.78. The Balaban J connectivity index is 1.98. The standard InChI is InChI=1S/C22H31N3O4/c1-6-23-22(24-11-12-29-18-9-7-16(2)8-10-18)25-15-17-13-20(27-4)21(28-5)14-19(17)26-3/h7-10,13-14H,6,11-12,15H2,1-5H3,(H2,23,24,25). The molecule has 0 atom stereocenters. The van der Waals surface area contributed by atoms with Gasteiger partial charge in [-0.25, -0.2) is 4.99 Å². The highest BCUT2D eigenvalue weighted by atomic mass is 16.5. The molecule has 0 aliphatic carbocycles. The Hall–Kier alpha value is -3.09. The maximum Gasteiger partial charge on any atom is 0.191 e. The molecule has 0 bridgehead atoms. The van der Waals surface area contributed by atoms with Gasteiger partial charge in [-0.05, 0) is 32.0 Å². The minimum Gasteiger partial charge on any atom is -0.496 e. The van der Waals surface area contributed by atoms with Gasteiger partial charge in [0.05, 0.1) is 34.4 Å². The van der Waals surface area contributed by atoms with E-state index in [2.05, 4.69) is 22.5 Å². The second-order valence-electron chi connectivity index (χ2n) is 6.30. The summed E-state index contributed by atoms with van der Waals surface area (Å²) in [5, 5.41) is 6.51. The van der Waals surface area contributed by atoms with Crippen molar-refractivity contribution in [2.75, 3.05) is 41.0 Å². The summed E-state index contributed by atoms with van der Waals surface area (Å²) in [5.74, 6) is 3.52. The molecule has 2 N–H and O–H groups in total. The molecule has 7 heteroatoms. The molecule has 0 spiro atoms. The number of nitrogens with zero attached hydrogens (tertiary/aromatic N) is 1. The van der Waals surface area contributed by atoms with E-state index in [1.54, 1.807) is 27.4 Å². The lowest BCUT2D eigenvalue weighted by atomic mass is 10.1. The van der Waals surface area contributed by atoms with Crippen molar-refractivity contribution >= 4 is 5.96 Å². The van der Waals surface area contributed by atoms with Crippen molar-refractivity contribution in [1.82, 2.24) is 10.6 Å². The molecular weight excluding hydrogens is 370 g/mol. The minimum absolute atomic E-state index is 0.428. The molecule has 158 valence electrons. The van der Waals surface area contributed by atoms with Gasteiger partial charge in [0.15, 0.2) is 17.5 Å². The van der Waals surface area contributed by atoms with Crippen LogP contribution in [-0.2, 0) is 6.54 Å². The summed E-state index contributed by atoms with van der Waals surface area (Å²) < 4.78 is 21.9. The summed E-state index contributed by atoms with van der Waals surface area (Å²) in [4.78, 5) is 4.64. The van der Waals surface area contributed by atoms with Crippen LogP contribution in [0.5, 0.6) is 23.0 Å². The number of guanidine groups is 1. The van der Waals surface area contributed by atoms with E-state index in [-0.39, 0.29) is 0 Å². The van der Waals surface area contributed by atoms with Crippen LogP contribution in [0.15, 0.2) is 41.4 Å². The van der Waals surface area contributed by atoms with Crippen LogP contribution in [0.2, 0.25) is 0 Å². The van der Waals surface area contributed by atoms with E-state index in [1.165, 1.54) is 5.56 Å². The predicted octanol–water partition coefficient (Wildman–Crippen LogP) is 3.15. The van der Waals surface area contributed by atoms with Crippen LogP contribution in [0, 0.1) is 6.92 Å². The zero-order chi connectivity index (χ0) is 21.1. The molecule has 0 aromatic heterocycles. The Morgan fingerprint density at radius 3 is 2.17 bits per heavy atom. The number of methoxy groups -OCH3 is 3. The van der Waals surface area contributed by atoms with Gasteiger partial charge in [0.1, 0.15) is 18.1 Å². The molecule has 29 heavy (non-hydrogen) atoms.